The van der Waals surface area contributed by atoms with E-state index < -0.39 is 0 Å². The highest BCUT2D eigenvalue weighted by Gasteiger charge is 2.09. The molecule has 0 bridgehead atoms. The van der Waals surface area contributed by atoms with Crippen LogP contribution in [0.3, 0.4) is 0 Å². The van der Waals surface area contributed by atoms with Crippen LogP contribution in [0, 0.1) is 6.92 Å². The van der Waals surface area contributed by atoms with E-state index in [1.807, 2.05) is 38.1 Å². The molecule has 2 rings (SSSR count). The van der Waals surface area contributed by atoms with Crippen LogP contribution in [0.15, 0.2) is 36.4 Å². The Kier molecular flexibility index (Phi) is 4.07. The van der Waals surface area contributed by atoms with Gasteiger partial charge in [0.1, 0.15) is 5.82 Å². The molecule has 0 aliphatic heterocycles. The molecule has 1 aromatic carbocycles. The molecule has 0 aliphatic rings. The Bertz CT molecular complexity index is 566. The maximum atomic E-state index is 12.0. The first-order valence-corrected chi connectivity index (χ1v) is 6.15. The van der Waals surface area contributed by atoms with Gasteiger partial charge < -0.3 is 10.6 Å². The third-order valence-electron chi connectivity index (χ3n) is 2.65. The second-order valence-electron chi connectivity index (χ2n) is 4.10. The Morgan fingerprint density at radius 3 is 2.58 bits per heavy atom. The highest BCUT2D eigenvalue weighted by atomic mass is 16.1. The molecule has 19 heavy (non-hydrogen) atoms. The molecule has 0 fully saturated rings. The molecule has 1 aromatic heterocycles. The van der Waals surface area contributed by atoms with Crippen LogP contribution in [-0.4, -0.2) is 22.6 Å². The summed E-state index contributed by atoms with van der Waals surface area (Å²) in [4.78, 5) is 12.0. The normalized spacial score (nSPS) is 10.0. The van der Waals surface area contributed by atoms with Crippen molar-refractivity contribution < 1.29 is 4.79 Å². The van der Waals surface area contributed by atoms with Crippen LogP contribution < -0.4 is 10.6 Å². The van der Waals surface area contributed by atoms with Gasteiger partial charge in [-0.05, 0) is 37.6 Å². The molecule has 0 radical (unpaired) electrons. The lowest BCUT2D eigenvalue weighted by Gasteiger charge is -2.07. The van der Waals surface area contributed by atoms with Crippen LogP contribution >= 0.6 is 0 Å². The van der Waals surface area contributed by atoms with Crippen molar-refractivity contribution in [2.45, 2.75) is 13.8 Å². The molecule has 2 N–H and O–H groups in total. The summed E-state index contributed by atoms with van der Waals surface area (Å²) in [6.45, 7) is 4.68. The second-order valence-corrected chi connectivity index (χ2v) is 4.10. The number of nitrogens with one attached hydrogen (secondary N) is 2. The number of hydrogen-bond acceptors (Lipinski definition) is 4. The van der Waals surface area contributed by atoms with Gasteiger partial charge in [-0.25, -0.2) is 0 Å². The lowest BCUT2D eigenvalue weighted by Crippen LogP contribution is -2.15. The fraction of sp³-hybridized carbons (Fsp3) is 0.214. The van der Waals surface area contributed by atoms with E-state index in [0.717, 1.165) is 17.8 Å². The number of anilines is 2. The molecule has 0 atom stereocenters. The lowest BCUT2D eigenvalue weighted by atomic mass is 10.2. The summed E-state index contributed by atoms with van der Waals surface area (Å²) in [6.07, 6.45) is 0. The molecule has 0 saturated carbocycles. The van der Waals surface area contributed by atoms with Crippen molar-refractivity contribution in [1.29, 1.82) is 0 Å². The molecule has 5 heteroatoms. The minimum Gasteiger partial charge on any atom is -0.369 e. The Labute approximate surface area is 112 Å². The van der Waals surface area contributed by atoms with Crippen LogP contribution in [0.2, 0.25) is 0 Å². The van der Waals surface area contributed by atoms with Crippen LogP contribution in [0.1, 0.15) is 23.0 Å². The number of carbonyl (C=O) groups excluding carboxylic acids is 1. The standard InChI is InChI=1S/C14H16N4O/c1-3-15-13-9-8-12(17-18-13)14(19)16-11-7-5-4-6-10(11)2/h4-9H,3H2,1-2H3,(H,15,18)(H,16,19). The summed E-state index contributed by atoms with van der Waals surface area (Å²) in [5.41, 5.74) is 2.09. The first kappa shape index (κ1) is 13.0. The average molecular weight is 256 g/mol. The first-order chi connectivity index (χ1) is 9.20. The number of carbonyl (C=O) groups is 1. The molecule has 0 aliphatic carbocycles. The van der Waals surface area contributed by atoms with Gasteiger partial charge in [0.05, 0.1) is 0 Å². The first-order valence-electron chi connectivity index (χ1n) is 6.15. The number of benzene rings is 1. The summed E-state index contributed by atoms with van der Waals surface area (Å²) in [5.74, 6) is 0.403. The van der Waals surface area contributed by atoms with E-state index in [2.05, 4.69) is 20.8 Å². The SMILES string of the molecule is CCNc1ccc(C(=O)Nc2ccccc2C)nn1. The number of nitrogens with zero attached hydrogens (tertiary/aromatic N) is 2. The van der Waals surface area contributed by atoms with Gasteiger partial charge >= 0.3 is 0 Å². The van der Waals surface area contributed by atoms with Gasteiger partial charge in [0.2, 0.25) is 0 Å². The molecular weight excluding hydrogens is 240 g/mol. The van der Waals surface area contributed by atoms with Gasteiger partial charge in [-0.3, -0.25) is 4.79 Å². The predicted octanol–water partition coefficient (Wildman–Crippen LogP) is 2.47. The van der Waals surface area contributed by atoms with Gasteiger partial charge in [0, 0.05) is 12.2 Å². The molecule has 1 amide bonds. The highest BCUT2D eigenvalue weighted by Crippen LogP contribution is 2.14. The van der Waals surface area contributed by atoms with Crippen molar-refractivity contribution in [2.75, 3.05) is 17.2 Å². The van der Waals surface area contributed by atoms with Crippen molar-refractivity contribution >= 4 is 17.4 Å². The minimum absolute atomic E-state index is 0.259. The van der Waals surface area contributed by atoms with Crippen molar-refractivity contribution in [2.24, 2.45) is 0 Å². The van der Waals surface area contributed by atoms with Crippen LogP contribution in [-0.2, 0) is 0 Å². The number of rotatable bonds is 4. The smallest absolute Gasteiger partial charge is 0.276 e. The zero-order valence-electron chi connectivity index (χ0n) is 11.0. The summed E-state index contributed by atoms with van der Waals surface area (Å²) < 4.78 is 0. The van der Waals surface area contributed by atoms with Gasteiger partial charge in [-0.1, -0.05) is 18.2 Å². The number of amides is 1. The quantitative estimate of drug-likeness (QED) is 0.881. The predicted molar refractivity (Wildman–Crippen MR) is 75.3 cm³/mol. The number of para-hydroxylation sites is 1. The van der Waals surface area contributed by atoms with Gasteiger partial charge in [-0.15, -0.1) is 10.2 Å². The van der Waals surface area contributed by atoms with Crippen molar-refractivity contribution in [3.63, 3.8) is 0 Å². The molecule has 0 unspecified atom stereocenters. The molecule has 98 valence electrons. The number of aryl methyl sites for hydroxylation is 1. The van der Waals surface area contributed by atoms with E-state index in [1.54, 1.807) is 12.1 Å². The fourth-order valence-electron chi connectivity index (χ4n) is 1.63. The molecule has 0 spiro atoms. The summed E-state index contributed by atoms with van der Waals surface area (Å²) in [7, 11) is 0. The van der Waals surface area contributed by atoms with E-state index >= 15 is 0 Å². The van der Waals surface area contributed by atoms with Gasteiger partial charge in [0.25, 0.3) is 5.91 Å². The Hall–Kier alpha value is -2.43. The maximum Gasteiger partial charge on any atom is 0.276 e. The van der Waals surface area contributed by atoms with Crippen molar-refractivity contribution in [1.82, 2.24) is 10.2 Å². The second kappa shape index (κ2) is 5.95. The number of aromatic nitrogens is 2. The zero-order valence-corrected chi connectivity index (χ0v) is 11.0. The Balaban J connectivity index is 2.10. The summed E-state index contributed by atoms with van der Waals surface area (Å²) >= 11 is 0. The van der Waals surface area contributed by atoms with Crippen molar-refractivity contribution in [3.8, 4) is 0 Å². The molecule has 5 nitrogen and oxygen atoms in total. The number of hydrogen-bond donors (Lipinski definition) is 2. The third kappa shape index (κ3) is 3.28. The van der Waals surface area contributed by atoms with Gasteiger partial charge in [-0.2, -0.15) is 0 Å². The maximum absolute atomic E-state index is 12.0. The van der Waals surface area contributed by atoms with E-state index in [1.165, 1.54) is 0 Å². The minimum atomic E-state index is -0.259. The Morgan fingerprint density at radius 2 is 1.95 bits per heavy atom. The van der Waals surface area contributed by atoms with E-state index in [4.69, 9.17) is 0 Å². The Morgan fingerprint density at radius 1 is 1.16 bits per heavy atom. The van der Waals surface area contributed by atoms with Gasteiger partial charge in [0.15, 0.2) is 5.69 Å². The lowest BCUT2D eigenvalue weighted by molar-refractivity contribution is 0.102. The largest absolute Gasteiger partial charge is 0.369 e. The highest BCUT2D eigenvalue weighted by molar-refractivity contribution is 6.03. The van der Waals surface area contributed by atoms with Crippen LogP contribution in [0.5, 0.6) is 0 Å². The van der Waals surface area contributed by atoms with E-state index in [0.29, 0.717) is 11.5 Å². The summed E-state index contributed by atoms with van der Waals surface area (Å²) in [5, 5.41) is 13.7. The summed E-state index contributed by atoms with van der Waals surface area (Å²) in [6, 6.07) is 11.0. The van der Waals surface area contributed by atoms with E-state index in [9.17, 15) is 4.79 Å². The van der Waals surface area contributed by atoms with Crippen molar-refractivity contribution in [3.05, 3.63) is 47.7 Å². The zero-order chi connectivity index (χ0) is 13.7. The molecule has 1 heterocycles. The van der Waals surface area contributed by atoms with Crippen LogP contribution in [0.4, 0.5) is 11.5 Å². The topological polar surface area (TPSA) is 66.9 Å². The molecule has 2 aromatic rings. The molecule has 0 saturated heterocycles. The monoisotopic (exact) mass is 256 g/mol. The average Bonchev–Trinajstić information content (AvgIpc) is 2.42. The van der Waals surface area contributed by atoms with E-state index in [-0.39, 0.29) is 5.91 Å². The fourth-order valence-corrected chi connectivity index (χ4v) is 1.63. The third-order valence-corrected chi connectivity index (χ3v) is 2.65. The molecular formula is C14H16N4O. The van der Waals surface area contributed by atoms with Crippen LogP contribution in [0.25, 0.3) is 0 Å².